The van der Waals surface area contributed by atoms with Gasteiger partial charge in [0.05, 0.1) is 40.5 Å². The van der Waals surface area contributed by atoms with E-state index in [1.165, 1.54) is 24.2 Å². The van der Waals surface area contributed by atoms with Crippen molar-refractivity contribution in [3.8, 4) is 5.75 Å². The van der Waals surface area contributed by atoms with Crippen LogP contribution in [-0.4, -0.2) is 102 Å². The molecule has 0 bridgehead atoms. The largest absolute Gasteiger partial charge is 0.573 e. The number of rotatable bonds is 4. The zero-order chi connectivity index (χ0) is 31.2. The maximum Gasteiger partial charge on any atom is 0.573 e. The first-order chi connectivity index (χ1) is 20.1. The van der Waals surface area contributed by atoms with Gasteiger partial charge in [0.15, 0.2) is 25.4 Å². The van der Waals surface area contributed by atoms with Gasteiger partial charge in [-0.15, -0.1) is 13.2 Å². The van der Waals surface area contributed by atoms with E-state index in [1.807, 2.05) is 17.0 Å². The number of alkyl halides is 3. The number of sulfone groups is 2. The Balaban J connectivity index is 1.60. The molecule has 1 N–H and O–H groups in total. The van der Waals surface area contributed by atoms with Crippen molar-refractivity contribution in [1.82, 2.24) is 10.3 Å². The van der Waals surface area contributed by atoms with Gasteiger partial charge in [-0.1, -0.05) is 12.1 Å². The van der Waals surface area contributed by atoms with E-state index in [-0.39, 0.29) is 48.2 Å². The molecule has 5 rings (SSSR count). The van der Waals surface area contributed by atoms with Crippen LogP contribution in [0.25, 0.3) is 0 Å². The Hall–Kier alpha value is -3.53. The highest BCUT2D eigenvalue weighted by molar-refractivity contribution is 7.91. The van der Waals surface area contributed by atoms with Crippen molar-refractivity contribution in [2.75, 3.05) is 66.0 Å². The SMILES string of the molecule is CNC(=O)N1N=C(c2ccc(N3CCS(=O)(=O)CC3)cc2)c2cc(N3CCS(=O)(=O)CC3)c(OC(F)(F)F)cc2CC1C. The molecule has 2 aromatic rings. The van der Waals surface area contributed by atoms with Crippen LogP contribution in [0.2, 0.25) is 0 Å². The Morgan fingerprint density at radius 2 is 1.49 bits per heavy atom. The molecule has 0 radical (unpaired) electrons. The molecule has 0 saturated carbocycles. The maximum absolute atomic E-state index is 13.5. The van der Waals surface area contributed by atoms with E-state index in [4.69, 9.17) is 0 Å². The van der Waals surface area contributed by atoms with Gasteiger partial charge in [-0.05, 0) is 43.2 Å². The number of fused-ring (bicyclic) bond motifs is 1. The van der Waals surface area contributed by atoms with E-state index < -0.39 is 43.9 Å². The van der Waals surface area contributed by atoms with E-state index in [0.29, 0.717) is 35.5 Å². The fourth-order valence-electron chi connectivity index (χ4n) is 5.45. The van der Waals surface area contributed by atoms with Gasteiger partial charge in [-0.3, -0.25) is 0 Å². The summed E-state index contributed by atoms with van der Waals surface area (Å²) in [5.41, 5.74) is 2.73. The molecule has 2 fully saturated rings. The number of carbonyl (C=O) groups excluding carboxylic acids is 1. The lowest BCUT2D eigenvalue weighted by atomic mass is 9.93. The molecule has 2 saturated heterocycles. The molecule has 3 aliphatic heterocycles. The number of carbonyl (C=O) groups is 1. The Morgan fingerprint density at radius 1 is 0.930 bits per heavy atom. The number of benzene rings is 2. The molecule has 11 nitrogen and oxygen atoms in total. The number of hydrazone groups is 1. The predicted molar refractivity (Wildman–Crippen MR) is 156 cm³/mol. The average molecular weight is 644 g/mol. The van der Waals surface area contributed by atoms with E-state index in [0.717, 1.165) is 5.69 Å². The number of nitrogens with one attached hydrogen (secondary N) is 1. The third-order valence-corrected chi connectivity index (χ3v) is 11.0. The summed E-state index contributed by atoms with van der Waals surface area (Å²) in [5, 5.41) is 8.48. The third-order valence-electron chi connectivity index (χ3n) is 7.76. The number of amides is 2. The van der Waals surface area contributed by atoms with Crippen LogP contribution in [0.3, 0.4) is 0 Å². The van der Waals surface area contributed by atoms with Gasteiger partial charge in [0.25, 0.3) is 0 Å². The van der Waals surface area contributed by atoms with Crippen molar-refractivity contribution in [2.24, 2.45) is 5.10 Å². The van der Waals surface area contributed by atoms with Crippen molar-refractivity contribution in [2.45, 2.75) is 25.7 Å². The number of nitrogens with zero attached hydrogens (tertiary/aromatic N) is 4. The number of hydrogen-bond acceptors (Lipinski definition) is 9. The fourth-order valence-corrected chi connectivity index (χ4v) is 7.85. The predicted octanol–water partition coefficient (Wildman–Crippen LogP) is 2.39. The monoisotopic (exact) mass is 643 g/mol. The molecule has 16 heteroatoms. The first-order valence-electron chi connectivity index (χ1n) is 13.7. The average Bonchev–Trinajstić information content (AvgIpc) is 3.07. The van der Waals surface area contributed by atoms with Crippen molar-refractivity contribution < 1.29 is 39.5 Å². The molecule has 0 spiro atoms. The summed E-state index contributed by atoms with van der Waals surface area (Å²) in [6, 6.07) is 8.95. The molecule has 3 aliphatic rings. The number of anilines is 2. The lowest BCUT2D eigenvalue weighted by Crippen LogP contribution is -2.41. The Kier molecular flexibility index (Phi) is 8.28. The number of halogens is 3. The van der Waals surface area contributed by atoms with Gasteiger partial charge >= 0.3 is 12.4 Å². The zero-order valence-electron chi connectivity index (χ0n) is 23.6. The highest BCUT2D eigenvalue weighted by atomic mass is 32.2. The van der Waals surface area contributed by atoms with Gasteiger partial charge in [0, 0.05) is 50.0 Å². The minimum absolute atomic E-state index is 0.0111. The summed E-state index contributed by atoms with van der Waals surface area (Å²) in [5.74, 6) is -0.775. The van der Waals surface area contributed by atoms with Crippen LogP contribution >= 0.6 is 0 Å². The number of hydrogen-bond donors (Lipinski definition) is 1. The summed E-state index contributed by atoms with van der Waals surface area (Å²) < 4.78 is 92.9. The molecular formula is C27H32F3N5O6S2. The van der Waals surface area contributed by atoms with Crippen molar-refractivity contribution in [1.29, 1.82) is 0 Å². The fraction of sp³-hybridized carbons (Fsp3) is 0.481. The summed E-state index contributed by atoms with van der Waals surface area (Å²) in [6.45, 7) is 2.41. The molecule has 2 amide bonds. The van der Waals surface area contributed by atoms with Crippen LogP contribution in [0.5, 0.6) is 5.75 Å². The summed E-state index contributed by atoms with van der Waals surface area (Å²) in [4.78, 5) is 16.3. The van der Waals surface area contributed by atoms with E-state index >= 15 is 0 Å². The maximum atomic E-state index is 13.5. The third kappa shape index (κ3) is 7.00. The highest BCUT2D eigenvalue weighted by Crippen LogP contribution is 2.39. The summed E-state index contributed by atoms with van der Waals surface area (Å²) >= 11 is 0. The van der Waals surface area contributed by atoms with Crippen LogP contribution < -0.4 is 19.9 Å². The quantitative estimate of drug-likeness (QED) is 0.538. The second kappa shape index (κ2) is 11.5. The number of ether oxygens (including phenoxy) is 1. The van der Waals surface area contributed by atoms with E-state index in [1.54, 1.807) is 24.0 Å². The lowest BCUT2D eigenvalue weighted by Gasteiger charge is -2.31. The normalized spacial score (nSPS) is 21.8. The van der Waals surface area contributed by atoms with Crippen LogP contribution in [0, 0.1) is 0 Å². The first-order valence-corrected chi connectivity index (χ1v) is 17.3. The molecule has 1 unspecified atom stereocenters. The van der Waals surface area contributed by atoms with Crippen LogP contribution in [-0.2, 0) is 26.1 Å². The first kappa shape index (κ1) is 30.9. The van der Waals surface area contributed by atoms with Gasteiger partial charge < -0.3 is 19.9 Å². The lowest BCUT2D eigenvalue weighted by molar-refractivity contribution is -0.274. The highest BCUT2D eigenvalue weighted by Gasteiger charge is 2.36. The van der Waals surface area contributed by atoms with Gasteiger partial charge in [-0.2, -0.15) is 5.10 Å². The summed E-state index contributed by atoms with van der Waals surface area (Å²) in [6.07, 6.45) is -4.82. The van der Waals surface area contributed by atoms with E-state index in [2.05, 4.69) is 15.2 Å². The molecule has 3 heterocycles. The van der Waals surface area contributed by atoms with Crippen molar-refractivity contribution >= 4 is 42.8 Å². The van der Waals surface area contributed by atoms with Crippen LogP contribution in [0.4, 0.5) is 29.3 Å². The molecule has 0 aromatic heterocycles. The minimum Gasteiger partial charge on any atom is -0.404 e. The number of urea groups is 1. The topological polar surface area (TPSA) is 129 Å². The minimum atomic E-state index is -4.99. The van der Waals surface area contributed by atoms with Crippen molar-refractivity contribution in [3.63, 3.8) is 0 Å². The summed E-state index contributed by atoms with van der Waals surface area (Å²) in [7, 11) is -4.93. The van der Waals surface area contributed by atoms with Gasteiger partial charge in [-0.25, -0.2) is 26.6 Å². The van der Waals surface area contributed by atoms with Gasteiger partial charge in [0.1, 0.15) is 0 Å². The standard InChI is InChI=1S/C27H32F3N5O6S2/c1-18-15-20-16-24(41-27(28,29)30)23(34-9-13-43(39,40)14-10-34)17-22(20)25(32-35(18)26(36)31-2)19-3-5-21(6-4-19)33-7-11-42(37,38)12-8-33/h3-6,16-18H,7-15H2,1-2H3,(H,31,36). The molecule has 43 heavy (non-hydrogen) atoms. The second-order valence-electron chi connectivity index (χ2n) is 10.8. The molecule has 2 aromatic carbocycles. The Labute approximate surface area is 248 Å². The van der Waals surface area contributed by atoms with Crippen LogP contribution in [0.1, 0.15) is 23.6 Å². The molecule has 1 atom stereocenters. The van der Waals surface area contributed by atoms with Crippen LogP contribution in [0.15, 0.2) is 41.5 Å². The van der Waals surface area contributed by atoms with Crippen molar-refractivity contribution in [3.05, 3.63) is 53.1 Å². The van der Waals surface area contributed by atoms with Gasteiger partial charge in [0.2, 0.25) is 0 Å². The molecule has 0 aliphatic carbocycles. The Bertz CT molecular complexity index is 1620. The Morgan fingerprint density at radius 3 is 2.02 bits per heavy atom. The second-order valence-corrected chi connectivity index (χ2v) is 15.4. The molecular weight excluding hydrogens is 611 g/mol. The smallest absolute Gasteiger partial charge is 0.404 e. The van der Waals surface area contributed by atoms with E-state index in [9.17, 15) is 34.8 Å². The zero-order valence-corrected chi connectivity index (χ0v) is 25.2. The molecule has 234 valence electrons.